The third-order valence-electron chi connectivity index (χ3n) is 9.35. The fraction of sp³-hybridized carbons (Fsp3) is 0.500. The predicted octanol–water partition coefficient (Wildman–Crippen LogP) is 4.26. The topological polar surface area (TPSA) is 63.5 Å². The van der Waals surface area contributed by atoms with E-state index in [0.29, 0.717) is 44.7 Å². The monoisotopic (exact) mass is 515 g/mol. The van der Waals surface area contributed by atoms with Crippen molar-refractivity contribution in [3.05, 3.63) is 76.4 Å². The Balaban J connectivity index is 1.14. The molecule has 1 unspecified atom stereocenters. The van der Waals surface area contributed by atoms with Gasteiger partial charge in [-0.1, -0.05) is 18.2 Å². The maximum Gasteiger partial charge on any atom is 0.258 e. The van der Waals surface area contributed by atoms with Crippen molar-refractivity contribution in [1.29, 1.82) is 0 Å². The average molecular weight is 516 g/mol. The maximum atomic E-state index is 14.1. The van der Waals surface area contributed by atoms with E-state index in [2.05, 4.69) is 46.3 Å². The number of fused-ring (bicyclic) bond motifs is 3. The summed E-state index contributed by atoms with van der Waals surface area (Å²) in [6.45, 7) is 4.74. The fourth-order valence-electron chi connectivity index (χ4n) is 7.14. The molecule has 4 aliphatic heterocycles. The molecule has 198 valence electrons. The predicted molar refractivity (Wildman–Crippen MR) is 142 cm³/mol. The molecule has 3 saturated heterocycles. The van der Waals surface area contributed by atoms with E-state index in [0.717, 1.165) is 65.1 Å². The number of carbonyl (C=O) groups excluding carboxylic acids is 1. The Bertz CT molecular complexity index is 1390. The summed E-state index contributed by atoms with van der Waals surface area (Å²) in [6, 6.07) is 13.3. The third kappa shape index (κ3) is 3.88. The van der Waals surface area contributed by atoms with Gasteiger partial charge in [-0.05, 0) is 73.1 Å². The molecule has 0 aliphatic carbocycles. The second-order valence-corrected chi connectivity index (χ2v) is 11.8. The number of aryl methyl sites for hydroxylation is 2. The molecule has 1 amide bonds. The van der Waals surface area contributed by atoms with E-state index in [9.17, 15) is 9.18 Å². The number of halogens is 1. The number of nitrogens with zero attached hydrogens (tertiary/aromatic N) is 5. The van der Waals surface area contributed by atoms with Crippen molar-refractivity contribution in [2.24, 2.45) is 7.05 Å². The normalized spacial score (nSPS) is 26.0. The summed E-state index contributed by atoms with van der Waals surface area (Å²) in [5, 5.41) is 8.33. The van der Waals surface area contributed by atoms with Crippen molar-refractivity contribution >= 4 is 11.6 Å². The molecule has 0 saturated carbocycles. The molecule has 4 aliphatic rings. The highest BCUT2D eigenvalue weighted by atomic mass is 19.1. The third-order valence-corrected chi connectivity index (χ3v) is 9.35. The van der Waals surface area contributed by atoms with Crippen LogP contribution >= 0.6 is 0 Å². The van der Waals surface area contributed by atoms with Crippen LogP contribution in [0.1, 0.15) is 64.1 Å². The number of alkyl halides is 1. The van der Waals surface area contributed by atoms with Gasteiger partial charge in [-0.15, -0.1) is 10.2 Å². The van der Waals surface area contributed by atoms with Crippen molar-refractivity contribution < 1.29 is 13.9 Å². The molecule has 0 spiro atoms. The number of aromatic nitrogens is 3. The van der Waals surface area contributed by atoms with Gasteiger partial charge in [-0.3, -0.25) is 9.69 Å². The van der Waals surface area contributed by atoms with Gasteiger partial charge in [-0.25, -0.2) is 4.39 Å². The van der Waals surface area contributed by atoms with E-state index in [-0.39, 0.29) is 11.3 Å². The van der Waals surface area contributed by atoms with Gasteiger partial charge < -0.3 is 14.2 Å². The molecule has 38 heavy (non-hydrogen) atoms. The first-order valence-electron chi connectivity index (χ1n) is 13.8. The second kappa shape index (κ2) is 8.99. The molecule has 0 radical (unpaired) electrons. The fourth-order valence-corrected chi connectivity index (χ4v) is 7.14. The Kier molecular flexibility index (Phi) is 5.67. The molecule has 1 aromatic heterocycles. The summed E-state index contributed by atoms with van der Waals surface area (Å²) in [7, 11) is 1.96. The van der Waals surface area contributed by atoms with Crippen molar-refractivity contribution in [3.63, 3.8) is 0 Å². The van der Waals surface area contributed by atoms with Gasteiger partial charge in [-0.2, -0.15) is 0 Å². The molecule has 5 heterocycles. The van der Waals surface area contributed by atoms with Crippen molar-refractivity contribution in [2.45, 2.75) is 75.8 Å². The van der Waals surface area contributed by atoms with Gasteiger partial charge in [0.1, 0.15) is 18.3 Å². The first-order valence-corrected chi connectivity index (χ1v) is 13.8. The molecule has 7 rings (SSSR count). The highest BCUT2D eigenvalue weighted by Crippen LogP contribution is 2.40. The summed E-state index contributed by atoms with van der Waals surface area (Å²) in [6.07, 6.45) is 5.26. The number of hydrogen-bond donors (Lipinski definition) is 0. The van der Waals surface area contributed by atoms with Gasteiger partial charge in [0.25, 0.3) is 5.91 Å². The number of rotatable bonds is 6. The summed E-state index contributed by atoms with van der Waals surface area (Å²) in [5.41, 5.74) is 6.14. The SMILES string of the molecule is Cc1cc(CN2[C@@H]3CC[C@H]2CC(F)C3)cc2c1CN(c1cccc(C3(Cc4nncn4C)COC3)c1)C2=O. The smallest absolute Gasteiger partial charge is 0.258 e. The molecule has 0 N–H and O–H groups in total. The number of benzene rings is 2. The van der Waals surface area contributed by atoms with Crippen LogP contribution in [0, 0.1) is 6.92 Å². The van der Waals surface area contributed by atoms with Crippen LogP contribution in [-0.4, -0.2) is 57.0 Å². The van der Waals surface area contributed by atoms with Crippen molar-refractivity contribution in [2.75, 3.05) is 18.1 Å². The zero-order valence-electron chi connectivity index (χ0n) is 22.1. The molecule has 3 fully saturated rings. The highest BCUT2D eigenvalue weighted by Gasteiger charge is 2.43. The molecule has 8 heteroatoms. The van der Waals surface area contributed by atoms with Crippen molar-refractivity contribution in [3.8, 4) is 0 Å². The maximum absolute atomic E-state index is 14.1. The number of carbonyl (C=O) groups is 1. The average Bonchev–Trinajstić information content (AvgIpc) is 3.50. The molecule has 7 nitrogen and oxygen atoms in total. The standard InChI is InChI=1S/C30H34FN5O2/c1-19-8-20(14-35-24-6-7-25(35)12-22(31)11-24)9-26-27(19)15-36(29(26)37)23-5-3-4-21(10-23)30(16-38-17-30)13-28-33-32-18-34(28)2/h3-5,8-10,18,22,24-25H,6-7,11-17H2,1-2H3/t22?,24-,25+. The minimum absolute atomic E-state index is 0.0553. The number of anilines is 1. The highest BCUT2D eigenvalue weighted by molar-refractivity contribution is 6.10. The van der Waals surface area contributed by atoms with E-state index >= 15 is 0 Å². The molecule has 3 aromatic rings. The number of ether oxygens (including phenoxy) is 1. The minimum atomic E-state index is -0.664. The number of hydrogen-bond acceptors (Lipinski definition) is 5. The lowest BCUT2D eigenvalue weighted by Crippen LogP contribution is -2.49. The van der Waals surface area contributed by atoms with E-state index in [1.807, 2.05) is 28.6 Å². The van der Waals surface area contributed by atoms with Gasteiger partial charge in [0.2, 0.25) is 0 Å². The van der Waals surface area contributed by atoms with Crippen LogP contribution in [0.3, 0.4) is 0 Å². The number of piperidine rings is 1. The Hall–Kier alpha value is -3.10. The minimum Gasteiger partial charge on any atom is -0.379 e. The molecular formula is C30H34FN5O2. The van der Waals surface area contributed by atoms with Gasteiger partial charge in [0, 0.05) is 48.8 Å². The zero-order valence-corrected chi connectivity index (χ0v) is 22.1. The summed E-state index contributed by atoms with van der Waals surface area (Å²) < 4.78 is 21.7. The van der Waals surface area contributed by atoms with E-state index in [1.165, 1.54) is 0 Å². The first-order chi connectivity index (χ1) is 18.4. The quantitative estimate of drug-likeness (QED) is 0.491. The van der Waals surface area contributed by atoms with E-state index in [4.69, 9.17) is 4.74 Å². The van der Waals surface area contributed by atoms with Crippen LogP contribution in [0.25, 0.3) is 0 Å². The Labute approximate surface area is 222 Å². The van der Waals surface area contributed by atoms with Crippen LogP contribution < -0.4 is 4.90 Å². The lowest BCUT2D eigenvalue weighted by Gasteiger charge is -2.42. The molecule has 2 aromatic carbocycles. The largest absolute Gasteiger partial charge is 0.379 e. The van der Waals surface area contributed by atoms with E-state index < -0.39 is 6.17 Å². The lowest BCUT2D eigenvalue weighted by molar-refractivity contribution is -0.0611. The number of amides is 1. The summed E-state index contributed by atoms with van der Waals surface area (Å²) in [5.74, 6) is 0.982. The summed E-state index contributed by atoms with van der Waals surface area (Å²) >= 11 is 0. The van der Waals surface area contributed by atoms with Crippen molar-refractivity contribution in [1.82, 2.24) is 19.7 Å². The first kappa shape index (κ1) is 24.0. The Morgan fingerprint density at radius 3 is 2.61 bits per heavy atom. The molecule has 2 bridgehead atoms. The van der Waals surface area contributed by atoms with Crippen LogP contribution in [0.4, 0.5) is 10.1 Å². The van der Waals surface area contributed by atoms with Gasteiger partial charge in [0.05, 0.1) is 19.8 Å². The van der Waals surface area contributed by atoms with Gasteiger partial charge in [0.15, 0.2) is 0 Å². The lowest BCUT2D eigenvalue weighted by atomic mass is 9.75. The van der Waals surface area contributed by atoms with Crippen LogP contribution in [0.15, 0.2) is 42.7 Å². The summed E-state index contributed by atoms with van der Waals surface area (Å²) in [4.78, 5) is 18.1. The zero-order chi connectivity index (χ0) is 26.0. The Morgan fingerprint density at radius 1 is 1.13 bits per heavy atom. The van der Waals surface area contributed by atoms with Crippen LogP contribution in [0.5, 0.6) is 0 Å². The second-order valence-electron chi connectivity index (χ2n) is 11.8. The molecule has 3 atom stereocenters. The van der Waals surface area contributed by atoms with E-state index in [1.54, 1.807) is 6.33 Å². The Morgan fingerprint density at radius 2 is 1.92 bits per heavy atom. The van der Waals surface area contributed by atoms with Crippen LogP contribution in [0.2, 0.25) is 0 Å². The molecular weight excluding hydrogens is 481 g/mol. The van der Waals surface area contributed by atoms with Gasteiger partial charge >= 0.3 is 0 Å². The van der Waals surface area contributed by atoms with Crippen LogP contribution in [-0.2, 0) is 36.7 Å².